The van der Waals surface area contributed by atoms with E-state index in [0.29, 0.717) is 18.8 Å². The second-order valence-electron chi connectivity index (χ2n) is 4.68. The maximum atomic E-state index is 10.0. The summed E-state index contributed by atoms with van der Waals surface area (Å²) in [5.74, 6) is 1.23. The molecule has 0 aliphatic carbocycles. The van der Waals surface area contributed by atoms with Gasteiger partial charge in [0.25, 0.3) is 0 Å². The van der Waals surface area contributed by atoms with Crippen LogP contribution in [0, 0.1) is 0 Å². The number of rotatable bonds is 6. The molecule has 0 spiro atoms. The minimum Gasteiger partial charge on any atom is -0.504 e. The van der Waals surface area contributed by atoms with Crippen LogP contribution in [0.5, 0.6) is 17.2 Å². The van der Waals surface area contributed by atoms with Gasteiger partial charge in [-0.3, -0.25) is 0 Å². The number of benzene rings is 2. The van der Waals surface area contributed by atoms with E-state index >= 15 is 0 Å². The van der Waals surface area contributed by atoms with Gasteiger partial charge in [0.2, 0.25) is 0 Å². The van der Waals surface area contributed by atoms with Crippen molar-refractivity contribution in [2.24, 2.45) is 0 Å². The molecule has 0 saturated heterocycles. The molecular formula is C16H19NO4. The minimum atomic E-state index is 0.0820. The predicted molar refractivity (Wildman–Crippen MR) is 78.7 cm³/mol. The van der Waals surface area contributed by atoms with E-state index in [2.05, 4.69) is 0 Å². The fourth-order valence-electron chi connectivity index (χ4n) is 2.07. The summed E-state index contributed by atoms with van der Waals surface area (Å²) in [6, 6.07) is 12.5. The Balaban J connectivity index is 2.02. The van der Waals surface area contributed by atoms with Gasteiger partial charge < -0.3 is 19.8 Å². The van der Waals surface area contributed by atoms with E-state index in [1.54, 1.807) is 25.3 Å². The van der Waals surface area contributed by atoms with Gasteiger partial charge in [-0.15, -0.1) is 0 Å². The zero-order valence-electron chi connectivity index (χ0n) is 12.1. The first-order valence-corrected chi connectivity index (χ1v) is 6.55. The highest BCUT2D eigenvalue weighted by Crippen LogP contribution is 2.26. The average Bonchev–Trinajstić information content (AvgIpc) is 2.49. The summed E-state index contributed by atoms with van der Waals surface area (Å²) < 4.78 is 10.2. The van der Waals surface area contributed by atoms with Crippen LogP contribution in [0.2, 0.25) is 0 Å². The largest absolute Gasteiger partial charge is 0.504 e. The normalized spacial score (nSPS) is 10.7. The molecule has 0 radical (unpaired) electrons. The van der Waals surface area contributed by atoms with Gasteiger partial charge in [-0.25, -0.2) is 0 Å². The van der Waals surface area contributed by atoms with Gasteiger partial charge in [0.1, 0.15) is 5.75 Å². The van der Waals surface area contributed by atoms with Gasteiger partial charge in [-0.2, -0.15) is 5.06 Å². The van der Waals surface area contributed by atoms with E-state index in [1.807, 2.05) is 24.3 Å². The molecule has 0 aliphatic rings. The number of hydroxylamine groups is 2. The topological polar surface area (TPSA) is 62.2 Å². The molecular weight excluding hydrogens is 270 g/mol. The first-order valence-electron chi connectivity index (χ1n) is 6.55. The molecule has 0 atom stereocenters. The molecule has 0 fully saturated rings. The minimum absolute atomic E-state index is 0.0820. The van der Waals surface area contributed by atoms with E-state index in [0.717, 1.165) is 16.9 Å². The van der Waals surface area contributed by atoms with Crippen LogP contribution < -0.4 is 9.47 Å². The highest BCUT2D eigenvalue weighted by atomic mass is 16.5. The molecule has 2 aromatic rings. The molecule has 2 N–H and O–H groups in total. The summed E-state index contributed by atoms with van der Waals surface area (Å²) in [6.45, 7) is 0.703. The molecule has 0 saturated carbocycles. The van der Waals surface area contributed by atoms with Crippen molar-refractivity contribution in [3.63, 3.8) is 0 Å². The van der Waals surface area contributed by atoms with E-state index < -0.39 is 0 Å². The molecule has 0 aromatic heterocycles. The highest BCUT2D eigenvalue weighted by molar-refractivity contribution is 5.41. The lowest BCUT2D eigenvalue weighted by atomic mass is 10.1. The Hall–Kier alpha value is -2.24. The van der Waals surface area contributed by atoms with Crippen LogP contribution in [0.25, 0.3) is 0 Å². The quantitative estimate of drug-likeness (QED) is 0.801. The summed E-state index contributed by atoms with van der Waals surface area (Å²) in [4.78, 5) is 0. The van der Waals surface area contributed by atoms with Gasteiger partial charge in [-0.1, -0.05) is 18.2 Å². The molecule has 0 amide bonds. The van der Waals surface area contributed by atoms with Gasteiger partial charge in [0, 0.05) is 13.1 Å². The Morgan fingerprint density at radius 3 is 2.33 bits per heavy atom. The number of methoxy groups -OCH3 is 2. The zero-order chi connectivity index (χ0) is 15.2. The van der Waals surface area contributed by atoms with Crippen molar-refractivity contribution in [2.75, 3.05) is 14.2 Å². The number of hydrogen-bond donors (Lipinski definition) is 2. The van der Waals surface area contributed by atoms with Crippen LogP contribution in [0.3, 0.4) is 0 Å². The van der Waals surface area contributed by atoms with Gasteiger partial charge in [-0.05, 0) is 35.4 Å². The van der Waals surface area contributed by atoms with Crippen LogP contribution in [-0.4, -0.2) is 29.6 Å². The van der Waals surface area contributed by atoms with E-state index in [1.165, 1.54) is 12.2 Å². The molecule has 2 aromatic carbocycles. The standard InChI is InChI=1S/C16H19NO4/c1-20-14-5-3-4-12(8-14)10-17(19)11-13-6-7-15(18)16(9-13)21-2/h3-9,18-19H,10-11H2,1-2H3. The highest BCUT2D eigenvalue weighted by Gasteiger charge is 2.08. The smallest absolute Gasteiger partial charge is 0.160 e. The summed E-state index contributed by atoms with van der Waals surface area (Å²) in [7, 11) is 3.10. The Morgan fingerprint density at radius 2 is 1.67 bits per heavy atom. The molecule has 5 nitrogen and oxygen atoms in total. The van der Waals surface area contributed by atoms with E-state index in [9.17, 15) is 10.3 Å². The molecule has 21 heavy (non-hydrogen) atoms. The number of nitrogens with zero attached hydrogens (tertiary/aromatic N) is 1. The third kappa shape index (κ3) is 4.11. The third-order valence-corrected chi connectivity index (χ3v) is 3.11. The van der Waals surface area contributed by atoms with Crippen LogP contribution >= 0.6 is 0 Å². The van der Waals surface area contributed by atoms with Gasteiger partial charge in [0.05, 0.1) is 14.2 Å². The van der Waals surface area contributed by atoms with Crippen molar-refractivity contribution >= 4 is 0 Å². The predicted octanol–water partition coefficient (Wildman–Crippen LogP) is 2.80. The van der Waals surface area contributed by atoms with Crippen molar-refractivity contribution < 1.29 is 19.8 Å². The second-order valence-corrected chi connectivity index (χ2v) is 4.68. The summed E-state index contributed by atoms with van der Waals surface area (Å²) in [5, 5.41) is 20.8. The van der Waals surface area contributed by atoms with Crippen LogP contribution in [0.1, 0.15) is 11.1 Å². The number of phenols is 1. The summed E-state index contributed by atoms with van der Waals surface area (Å²) in [6.07, 6.45) is 0. The van der Waals surface area contributed by atoms with Gasteiger partial charge >= 0.3 is 0 Å². The zero-order valence-corrected chi connectivity index (χ0v) is 12.1. The van der Waals surface area contributed by atoms with Crippen molar-refractivity contribution in [1.29, 1.82) is 0 Å². The first-order chi connectivity index (χ1) is 10.1. The Bertz CT molecular complexity index is 601. The lowest BCUT2D eigenvalue weighted by molar-refractivity contribution is -0.108. The van der Waals surface area contributed by atoms with Crippen LogP contribution in [-0.2, 0) is 13.1 Å². The van der Waals surface area contributed by atoms with Crippen molar-refractivity contribution in [3.8, 4) is 17.2 Å². The lowest BCUT2D eigenvalue weighted by Gasteiger charge is -2.16. The molecule has 2 rings (SSSR count). The summed E-state index contributed by atoms with van der Waals surface area (Å²) >= 11 is 0. The fraction of sp³-hybridized carbons (Fsp3) is 0.250. The number of aromatic hydroxyl groups is 1. The number of phenolic OH excluding ortho intramolecular Hbond substituents is 1. The van der Waals surface area contributed by atoms with Crippen molar-refractivity contribution in [3.05, 3.63) is 53.6 Å². The van der Waals surface area contributed by atoms with E-state index in [-0.39, 0.29) is 5.75 Å². The Labute approximate surface area is 123 Å². The van der Waals surface area contributed by atoms with Crippen LogP contribution in [0.15, 0.2) is 42.5 Å². The Kier molecular flexibility index (Phi) is 5.03. The molecule has 112 valence electrons. The lowest BCUT2D eigenvalue weighted by Crippen LogP contribution is -2.18. The molecule has 0 aliphatic heterocycles. The van der Waals surface area contributed by atoms with Crippen LogP contribution in [0.4, 0.5) is 0 Å². The second kappa shape index (κ2) is 6.97. The van der Waals surface area contributed by atoms with Crippen molar-refractivity contribution in [1.82, 2.24) is 5.06 Å². The maximum absolute atomic E-state index is 10.0. The average molecular weight is 289 g/mol. The molecule has 0 heterocycles. The number of hydrogen-bond acceptors (Lipinski definition) is 5. The fourth-order valence-corrected chi connectivity index (χ4v) is 2.07. The maximum Gasteiger partial charge on any atom is 0.160 e. The molecule has 0 unspecified atom stereocenters. The first kappa shape index (κ1) is 15.2. The third-order valence-electron chi connectivity index (χ3n) is 3.11. The SMILES string of the molecule is COc1cccc(CN(O)Cc2ccc(O)c(OC)c2)c1. The number of ether oxygens (including phenoxy) is 2. The van der Waals surface area contributed by atoms with Gasteiger partial charge in [0.15, 0.2) is 11.5 Å². The molecule has 5 heteroatoms. The van der Waals surface area contributed by atoms with Crippen molar-refractivity contribution in [2.45, 2.75) is 13.1 Å². The summed E-state index contributed by atoms with van der Waals surface area (Å²) in [5.41, 5.74) is 1.79. The monoisotopic (exact) mass is 289 g/mol. The molecule has 0 bridgehead atoms. The Morgan fingerprint density at radius 1 is 0.952 bits per heavy atom. The van der Waals surface area contributed by atoms with E-state index in [4.69, 9.17) is 9.47 Å².